The summed E-state index contributed by atoms with van der Waals surface area (Å²) >= 11 is 11.6. The fraction of sp³-hybridized carbons (Fsp3) is 0.133. The fourth-order valence-electron chi connectivity index (χ4n) is 1.55. The molecule has 0 aliphatic carbocycles. The minimum atomic E-state index is -0.793. The smallest absolute Gasteiger partial charge is 0.344 e. The van der Waals surface area contributed by atoms with Gasteiger partial charge in [0, 0.05) is 5.02 Å². The van der Waals surface area contributed by atoms with Crippen molar-refractivity contribution < 1.29 is 28.3 Å². The van der Waals surface area contributed by atoms with Crippen LogP contribution in [0.25, 0.3) is 0 Å². The summed E-state index contributed by atoms with van der Waals surface area (Å²) in [7, 11) is 0. The van der Waals surface area contributed by atoms with Crippen molar-refractivity contribution in [3.05, 3.63) is 52.4 Å². The molecule has 0 radical (unpaired) electrons. The number of nitrogens with one attached hydrogen (secondary N) is 2. The molecule has 25 heavy (non-hydrogen) atoms. The number of amides is 2. The zero-order chi connectivity index (χ0) is 18.2. The Balaban J connectivity index is 1.67. The van der Waals surface area contributed by atoms with E-state index in [1.165, 1.54) is 30.5 Å². The first-order valence-electron chi connectivity index (χ1n) is 6.82. The second kappa shape index (κ2) is 8.95. The van der Waals surface area contributed by atoms with E-state index in [-0.39, 0.29) is 16.5 Å². The highest BCUT2D eigenvalue weighted by Gasteiger charge is 2.12. The van der Waals surface area contributed by atoms with E-state index in [2.05, 4.69) is 10.9 Å². The zero-order valence-corrected chi connectivity index (χ0v) is 14.1. The molecule has 0 saturated carbocycles. The second-order valence-corrected chi connectivity index (χ2v) is 5.35. The molecule has 0 aliphatic rings. The molecule has 8 nitrogen and oxygen atoms in total. The summed E-state index contributed by atoms with van der Waals surface area (Å²) in [6.07, 6.45) is 1.31. The molecule has 10 heteroatoms. The van der Waals surface area contributed by atoms with Gasteiger partial charge < -0.3 is 13.9 Å². The first-order valence-corrected chi connectivity index (χ1v) is 7.57. The number of benzene rings is 1. The van der Waals surface area contributed by atoms with Gasteiger partial charge >= 0.3 is 11.9 Å². The van der Waals surface area contributed by atoms with E-state index in [4.69, 9.17) is 37.1 Å². The Kier molecular flexibility index (Phi) is 6.67. The SMILES string of the molecule is O=C(COC(=O)COc1ccc(Cl)cc1Cl)NNC(=O)c1ccco1. The normalized spacial score (nSPS) is 10.0. The number of hydrogen-bond acceptors (Lipinski definition) is 6. The van der Waals surface area contributed by atoms with Crippen LogP contribution in [0.15, 0.2) is 41.0 Å². The predicted molar refractivity (Wildman–Crippen MR) is 87.2 cm³/mol. The molecule has 0 saturated heterocycles. The van der Waals surface area contributed by atoms with Crippen LogP contribution in [0, 0.1) is 0 Å². The maximum atomic E-state index is 11.5. The second-order valence-electron chi connectivity index (χ2n) is 4.50. The molecule has 0 fully saturated rings. The maximum Gasteiger partial charge on any atom is 0.344 e. The van der Waals surface area contributed by atoms with Crippen LogP contribution in [0.4, 0.5) is 0 Å². The molecular weight excluding hydrogens is 375 g/mol. The molecule has 0 atom stereocenters. The van der Waals surface area contributed by atoms with Crippen LogP contribution in [-0.2, 0) is 14.3 Å². The summed E-state index contributed by atoms with van der Waals surface area (Å²) in [5, 5.41) is 0.659. The molecule has 1 heterocycles. The van der Waals surface area contributed by atoms with Crippen molar-refractivity contribution in [1.82, 2.24) is 10.9 Å². The summed E-state index contributed by atoms with van der Waals surface area (Å²) < 4.78 is 14.7. The molecule has 0 bridgehead atoms. The van der Waals surface area contributed by atoms with Crippen LogP contribution in [-0.4, -0.2) is 31.0 Å². The van der Waals surface area contributed by atoms with E-state index < -0.39 is 31.0 Å². The van der Waals surface area contributed by atoms with E-state index in [0.29, 0.717) is 5.02 Å². The van der Waals surface area contributed by atoms with Crippen molar-refractivity contribution >= 4 is 41.0 Å². The largest absolute Gasteiger partial charge is 0.480 e. The number of hydrazine groups is 1. The summed E-state index contributed by atoms with van der Waals surface area (Å²) in [4.78, 5) is 34.5. The number of hydrogen-bond donors (Lipinski definition) is 2. The van der Waals surface area contributed by atoms with E-state index in [0.717, 1.165) is 0 Å². The van der Waals surface area contributed by atoms with E-state index in [1.54, 1.807) is 6.07 Å². The van der Waals surface area contributed by atoms with E-state index in [9.17, 15) is 14.4 Å². The summed E-state index contributed by atoms with van der Waals surface area (Å²) in [6, 6.07) is 7.43. The summed E-state index contributed by atoms with van der Waals surface area (Å²) in [6.45, 7) is -1.05. The van der Waals surface area contributed by atoms with Crippen LogP contribution in [0.2, 0.25) is 10.0 Å². The highest BCUT2D eigenvalue weighted by Crippen LogP contribution is 2.27. The van der Waals surface area contributed by atoms with Crippen molar-refractivity contribution in [3.8, 4) is 5.75 Å². The van der Waals surface area contributed by atoms with Gasteiger partial charge in [-0.3, -0.25) is 20.4 Å². The lowest BCUT2D eigenvalue weighted by atomic mass is 10.3. The quantitative estimate of drug-likeness (QED) is 0.580. The highest BCUT2D eigenvalue weighted by molar-refractivity contribution is 6.35. The third-order valence-corrected chi connectivity index (χ3v) is 3.19. The Bertz CT molecular complexity index is 763. The van der Waals surface area contributed by atoms with Crippen molar-refractivity contribution in [2.75, 3.05) is 13.2 Å². The lowest BCUT2D eigenvalue weighted by Gasteiger charge is -2.09. The first-order chi connectivity index (χ1) is 12.0. The Morgan fingerprint density at radius 1 is 1.08 bits per heavy atom. The molecule has 2 aromatic rings. The topological polar surface area (TPSA) is 107 Å². The number of rotatable bonds is 6. The molecule has 1 aromatic heterocycles. The summed E-state index contributed by atoms with van der Waals surface area (Å²) in [5.41, 5.74) is 4.16. The van der Waals surface area contributed by atoms with E-state index >= 15 is 0 Å². The van der Waals surface area contributed by atoms with Gasteiger partial charge in [0.1, 0.15) is 5.75 Å². The number of esters is 1. The van der Waals surface area contributed by atoms with Crippen molar-refractivity contribution in [1.29, 1.82) is 0 Å². The van der Waals surface area contributed by atoms with Gasteiger partial charge in [-0.25, -0.2) is 4.79 Å². The van der Waals surface area contributed by atoms with Gasteiger partial charge in [-0.15, -0.1) is 0 Å². The zero-order valence-electron chi connectivity index (χ0n) is 12.6. The van der Waals surface area contributed by atoms with Gasteiger partial charge in [-0.1, -0.05) is 23.2 Å². The van der Waals surface area contributed by atoms with Gasteiger partial charge in [0.05, 0.1) is 11.3 Å². The number of carbonyl (C=O) groups is 3. The van der Waals surface area contributed by atoms with Gasteiger partial charge in [0.25, 0.3) is 5.91 Å². The fourth-order valence-corrected chi connectivity index (χ4v) is 2.01. The van der Waals surface area contributed by atoms with Crippen LogP contribution in [0.5, 0.6) is 5.75 Å². The predicted octanol–water partition coefficient (Wildman–Crippen LogP) is 1.97. The van der Waals surface area contributed by atoms with Gasteiger partial charge in [-0.2, -0.15) is 0 Å². The van der Waals surface area contributed by atoms with Crippen LogP contribution in [0.3, 0.4) is 0 Å². The molecule has 2 amide bonds. The molecular formula is C15H12Cl2N2O6. The van der Waals surface area contributed by atoms with Crippen molar-refractivity contribution in [2.45, 2.75) is 0 Å². The molecule has 0 aliphatic heterocycles. The average Bonchev–Trinajstić information content (AvgIpc) is 3.11. The Morgan fingerprint density at radius 3 is 2.56 bits per heavy atom. The standard InChI is InChI=1S/C15H12Cl2N2O6/c16-9-3-4-11(10(17)6-9)24-8-14(21)25-7-13(20)18-19-15(22)12-2-1-5-23-12/h1-6H,7-8H2,(H,18,20)(H,19,22). The third kappa shape index (κ3) is 6.02. The number of halogens is 2. The summed E-state index contributed by atoms with van der Waals surface area (Å²) in [5.74, 6) is -1.91. The monoisotopic (exact) mass is 386 g/mol. The molecule has 132 valence electrons. The molecule has 2 rings (SSSR count). The Morgan fingerprint density at radius 2 is 1.88 bits per heavy atom. The molecule has 1 aromatic carbocycles. The van der Waals surface area contributed by atoms with Crippen LogP contribution in [0.1, 0.15) is 10.6 Å². The molecule has 2 N–H and O–H groups in total. The van der Waals surface area contributed by atoms with Crippen LogP contribution < -0.4 is 15.6 Å². The third-order valence-electron chi connectivity index (χ3n) is 2.66. The molecule has 0 unspecified atom stereocenters. The lowest BCUT2D eigenvalue weighted by molar-refractivity contribution is -0.150. The van der Waals surface area contributed by atoms with Crippen LogP contribution >= 0.6 is 23.2 Å². The minimum absolute atomic E-state index is 0.0190. The Labute approximate surface area is 151 Å². The molecule has 0 spiro atoms. The van der Waals surface area contributed by atoms with Crippen molar-refractivity contribution in [2.24, 2.45) is 0 Å². The van der Waals surface area contributed by atoms with Gasteiger partial charge in [0.2, 0.25) is 0 Å². The van der Waals surface area contributed by atoms with Gasteiger partial charge in [0.15, 0.2) is 19.0 Å². The minimum Gasteiger partial charge on any atom is -0.480 e. The average molecular weight is 387 g/mol. The number of furan rings is 1. The maximum absolute atomic E-state index is 11.5. The number of ether oxygens (including phenoxy) is 2. The number of carbonyl (C=O) groups excluding carboxylic acids is 3. The van der Waals surface area contributed by atoms with E-state index in [1.807, 2.05) is 0 Å². The first kappa shape index (κ1) is 18.6. The lowest BCUT2D eigenvalue weighted by Crippen LogP contribution is -2.43. The van der Waals surface area contributed by atoms with Gasteiger partial charge in [-0.05, 0) is 30.3 Å². The van der Waals surface area contributed by atoms with Crippen molar-refractivity contribution in [3.63, 3.8) is 0 Å². The Hall–Kier alpha value is -2.71. The highest BCUT2D eigenvalue weighted by atomic mass is 35.5.